The first-order valence-electron chi connectivity index (χ1n) is 18.9. The largest absolute Gasteiger partial charge is 0.463 e. The average molecular weight is 701 g/mol. The molecule has 3 aromatic rings. The van der Waals surface area contributed by atoms with Crippen molar-refractivity contribution in [3.63, 3.8) is 0 Å². The molecule has 1 N–H and O–H groups in total. The van der Waals surface area contributed by atoms with Crippen LogP contribution in [0.1, 0.15) is 117 Å². The van der Waals surface area contributed by atoms with Crippen molar-refractivity contribution in [3.8, 4) is 23.0 Å². The molecule has 50 heavy (non-hydrogen) atoms. The second-order valence-electron chi connectivity index (χ2n) is 14.9. The highest BCUT2D eigenvalue weighted by molar-refractivity contribution is 7.90. The molecule has 2 heterocycles. The van der Waals surface area contributed by atoms with Gasteiger partial charge in [0, 0.05) is 30.4 Å². The molecule has 0 bridgehead atoms. The summed E-state index contributed by atoms with van der Waals surface area (Å²) in [6.45, 7) is 10.3. The van der Waals surface area contributed by atoms with Crippen molar-refractivity contribution in [3.05, 3.63) is 64.5 Å². The van der Waals surface area contributed by atoms with Crippen molar-refractivity contribution in [2.24, 2.45) is 11.3 Å². The highest BCUT2D eigenvalue weighted by Crippen LogP contribution is 2.59. The first-order chi connectivity index (χ1) is 24.0. The second kappa shape index (κ2) is 16.3. The van der Waals surface area contributed by atoms with Crippen LogP contribution in [0.5, 0.6) is 0 Å². The molecular weight excluding hydrogens is 645 g/mol. The van der Waals surface area contributed by atoms with Crippen LogP contribution in [0.15, 0.2) is 62.8 Å². The SMILES string of the molecule is CCCCC1(CCCC)CCC1(CCCC)NC(CCC)C(=O)N1CC(C#Cc2ccc3c(=O)c(-c4ccc(S(C)(=O)=O)cc4)coc3c2)C1. The summed E-state index contributed by atoms with van der Waals surface area (Å²) in [5.74, 6) is 6.92. The van der Waals surface area contributed by atoms with Gasteiger partial charge in [0.2, 0.25) is 5.91 Å². The van der Waals surface area contributed by atoms with Gasteiger partial charge in [0.15, 0.2) is 15.3 Å². The molecule has 2 aliphatic rings. The maximum Gasteiger partial charge on any atom is 0.239 e. The summed E-state index contributed by atoms with van der Waals surface area (Å²) >= 11 is 0. The van der Waals surface area contributed by atoms with E-state index in [9.17, 15) is 18.0 Å². The summed E-state index contributed by atoms with van der Waals surface area (Å²) in [5, 5.41) is 4.53. The number of rotatable bonds is 16. The number of carbonyl (C=O) groups is 1. The predicted octanol–water partition coefficient (Wildman–Crippen LogP) is 8.52. The number of amides is 1. The lowest BCUT2D eigenvalue weighted by Gasteiger charge is -2.62. The lowest BCUT2D eigenvalue weighted by molar-refractivity contribution is -0.142. The third kappa shape index (κ3) is 8.05. The van der Waals surface area contributed by atoms with Crippen molar-refractivity contribution >= 4 is 26.7 Å². The molecule has 1 aliphatic heterocycles. The van der Waals surface area contributed by atoms with Crippen molar-refractivity contribution < 1.29 is 17.6 Å². The maximum atomic E-state index is 14.0. The molecule has 1 saturated heterocycles. The number of sulfone groups is 1. The Bertz CT molecular complexity index is 1860. The molecule has 7 nitrogen and oxygen atoms in total. The Morgan fingerprint density at radius 1 is 0.940 bits per heavy atom. The van der Waals surface area contributed by atoms with E-state index in [1.54, 1.807) is 24.3 Å². The Morgan fingerprint density at radius 2 is 1.60 bits per heavy atom. The summed E-state index contributed by atoms with van der Waals surface area (Å²) in [7, 11) is -3.33. The van der Waals surface area contributed by atoms with E-state index in [0.29, 0.717) is 40.6 Å². The van der Waals surface area contributed by atoms with Crippen LogP contribution < -0.4 is 10.7 Å². The fourth-order valence-corrected chi connectivity index (χ4v) is 8.78. The van der Waals surface area contributed by atoms with Gasteiger partial charge in [-0.05, 0) is 79.8 Å². The standard InChI is InChI=1S/C42H56N2O5S/c1-6-10-22-41(23-11-7-2)25-26-42(41,24-12-8-3)43-37(13-9-4)40(46)44-28-32(29-44)15-14-31-16-21-35-38(27-31)49-30-36(39(35)45)33-17-19-34(20-18-33)50(5,47)48/h16-21,27,30,32,37,43H,6-13,22-26,28-29H2,1-5H3. The first-order valence-corrected chi connectivity index (χ1v) is 20.8. The fourth-order valence-electron chi connectivity index (χ4n) is 8.15. The molecule has 2 aromatic carbocycles. The van der Waals surface area contributed by atoms with Crippen LogP contribution in [0, 0.1) is 23.2 Å². The number of likely N-dealkylation sites (tertiary alicyclic amines) is 1. The van der Waals surface area contributed by atoms with Crippen molar-refractivity contribution in [2.75, 3.05) is 19.3 Å². The second-order valence-corrected chi connectivity index (χ2v) is 16.9. The number of nitrogens with zero attached hydrogens (tertiary/aromatic N) is 1. The lowest BCUT2D eigenvalue weighted by atomic mass is 9.49. The molecule has 8 heteroatoms. The third-order valence-electron chi connectivity index (χ3n) is 11.3. The minimum atomic E-state index is -3.33. The Balaban J connectivity index is 1.25. The zero-order valence-corrected chi connectivity index (χ0v) is 31.6. The van der Waals surface area contributed by atoms with E-state index in [-0.39, 0.29) is 33.7 Å². The predicted molar refractivity (Wildman–Crippen MR) is 203 cm³/mol. The minimum absolute atomic E-state index is 0.0572. The van der Waals surface area contributed by atoms with Crippen LogP contribution in [-0.2, 0) is 14.6 Å². The van der Waals surface area contributed by atoms with E-state index in [0.717, 1.165) is 31.1 Å². The van der Waals surface area contributed by atoms with Crippen LogP contribution in [0.4, 0.5) is 0 Å². The zero-order chi connectivity index (χ0) is 35.9. The van der Waals surface area contributed by atoms with E-state index < -0.39 is 9.84 Å². The minimum Gasteiger partial charge on any atom is -0.463 e. The highest BCUT2D eigenvalue weighted by Gasteiger charge is 2.58. The fraction of sp³-hybridized carbons (Fsp3) is 0.571. The third-order valence-corrected chi connectivity index (χ3v) is 12.5. The van der Waals surface area contributed by atoms with Crippen molar-refractivity contribution in [1.82, 2.24) is 10.2 Å². The molecule has 2 unspecified atom stereocenters. The molecule has 2 fully saturated rings. The number of unbranched alkanes of at least 4 members (excludes halogenated alkanes) is 3. The number of carbonyl (C=O) groups excluding carboxylic acids is 1. The Morgan fingerprint density at radius 3 is 2.18 bits per heavy atom. The van der Waals surface area contributed by atoms with Gasteiger partial charge in [-0.25, -0.2) is 8.42 Å². The Hall–Kier alpha value is -3.41. The van der Waals surface area contributed by atoms with Gasteiger partial charge >= 0.3 is 0 Å². The molecule has 5 rings (SSSR count). The summed E-state index contributed by atoms with van der Waals surface area (Å²) < 4.78 is 29.5. The monoisotopic (exact) mass is 700 g/mol. The van der Waals surface area contributed by atoms with E-state index in [4.69, 9.17) is 4.42 Å². The van der Waals surface area contributed by atoms with E-state index in [1.165, 1.54) is 82.6 Å². The molecule has 1 saturated carbocycles. The van der Waals surface area contributed by atoms with Crippen LogP contribution in [0.2, 0.25) is 0 Å². The summed E-state index contributed by atoms with van der Waals surface area (Å²) in [6, 6.07) is 11.4. The lowest BCUT2D eigenvalue weighted by Crippen LogP contribution is -2.70. The van der Waals surface area contributed by atoms with E-state index >= 15 is 0 Å². The molecule has 0 spiro atoms. The first kappa shape index (κ1) is 37.8. The Labute approximate surface area is 299 Å². The normalized spacial score (nSPS) is 19.3. The summed E-state index contributed by atoms with van der Waals surface area (Å²) in [4.78, 5) is 29.4. The molecule has 0 radical (unpaired) electrons. The zero-order valence-electron chi connectivity index (χ0n) is 30.8. The average Bonchev–Trinajstić information content (AvgIpc) is 3.08. The van der Waals surface area contributed by atoms with Crippen LogP contribution in [0.3, 0.4) is 0 Å². The van der Waals surface area contributed by atoms with Gasteiger partial charge in [0.25, 0.3) is 0 Å². The summed E-state index contributed by atoms with van der Waals surface area (Å²) in [5.41, 5.74) is 2.32. The molecule has 2 atom stereocenters. The quantitative estimate of drug-likeness (QED) is 0.151. The number of benzene rings is 2. The topological polar surface area (TPSA) is 96.7 Å². The van der Waals surface area contributed by atoms with Crippen LogP contribution in [0.25, 0.3) is 22.1 Å². The van der Waals surface area contributed by atoms with Crippen molar-refractivity contribution in [2.45, 2.75) is 128 Å². The van der Waals surface area contributed by atoms with Gasteiger partial charge in [0.05, 0.1) is 27.8 Å². The number of hydrogen-bond donors (Lipinski definition) is 1. The van der Waals surface area contributed by atoms with Gasteiger partial charge in [0.1, 0.15) is 11.8 Å². The Kier molecular flexibility index (Phi) is 12.3. The molecule has 1 aliphatic carbocycles. The van der Waals surface area contributed by atoms with Crippen LogP contribution >= 0.6 is 0 Å². The molecule has 1 amide bonds. The van der Waals surface area contributed by atoms with Gasteiger partial charge < -0.3 is 9.32 Å². The number of hydrogen-bond acceptors (Lipinski definition) is 6. The van der Waals surface area contributed by atoms with E-state index in [2.05, 4.69) is 44.9 Å². The van der Waals surface area contributed by atoms with Crippen molar-refractivity contribution in [1.29, 1.82) is 0 Å². The van der Waals surface area contributed by atoms with Gasteiger partial charge in [-0.3, -0.25) is 14.9 Å². The van der Waals surface area contributed by atoms with E-state index in [1.807, 2.05) is 11.0 Å². The van der Waals surface area contributed by atoms with Gasteiger partial charge in [-0.15, -0.1) is 0 Å². The maximum absolute atomic E-state index is 14.0. The molecule has 270 valence electrons. The van der Waals surface area contributed by atoms with Gasteiger partial charge in [-0.1, -0.05) is 96.6 Å². The number of fused-ring (bicyclic) bond motifs is 1. The molecule has 1 aromatic heterocycles. The molecular formula is C42H56N2O5S. The van der Waals surface area contributed by atoms with Gasteiger partial charge in [-0.2, -0.15) is 0 Å². The number of nitrogens with one attached hydrogen (secondary N) is 1. The summed E-state index contributed by atoms with van der Waals surface area (Å²) in [6.07, 6.45) is 17.8. The smallest absolute Gasteiger partial charge is 0.239 e. The highest BCUT2D eigenvalue weighted by atomic mass is 32.2. The van der Waals surface area contributed by atoms with Crippen LogP contribution in [-0.4, -0.2) is 50.2 Å².